The third kappa shape index (κ3) is 5.45. The zero-order valence-electron chi connectivity index (χ0n) is 21.2. The molecule has 1 aromatic rings. The first-order valence-electron chi connectivity index (χ1n) is 13.2. The third-order valence-electron chi connectivity index (χ3n) is 8.18. The fourth-order valence-electron chi connectivity index (χ4n) is 6.02. The molecule has 1 saturated carbocycles. The van der Waals surface area contributed by atoms with Crippen LogP contribution in [0.5, 0.6) is 0 Å². The predicted octanol–water partition coefficient (Wildman–Crippen LogP) is 4.70. The van der Waals surface area contributed by atoms with E-state index in [1.807, 2.05) is 17.0 Å². The summed E-state index contributed by atoms with van der Waals surface area (Å²) in [5, 5.41) is 0. The first-order valence-corrected chi connectivity index (χ1v) is 13.2. The number of hydrogen-bond acceptors (Lipinski definition) is 3. The molecule has 3 aliphatic rings. The highest BCUT2D eigenvalue weighted by molar-refractivity contribution is 5.94. The Morgan fingerprint density at radius 3 is 2.03 bits per heavy atom. The number of likely N-dealkylation sites (tertiary alicyclic amines) is 1. The summed E-state index contributed by atoms with van der Waals surface area (Å²) in [5.74, 6) is 0.939. The summed E-state index contributed by atoms with van der Waals surface area (Å²) >= 11 is 0. The molecule has 2 heterocycles. The Balaban J connectivity index is 1.41. The highest BCUT2D eigenvalue weighted by Gasteiger charge is 2.40. The Morgan fingerprint density at radius 2 is 1.45 bits per heavy atom. The van der Waals surface area contributed by atoms with Crippen molar-refractivity contribution in [3.05, 3.63) is 35.4 Å². The van der Waals surface area contributed by atoms with E-state index in [9.17, 15) is 9.59 Å². The molecular weight excluding hydrogens is 410 g/mol. The summed E-state index contributed by atoms with van der Waals surface area (Å²) in [6.07, 6.45) is 8.30. The second-order valence-corrected chi connectivity index (χ2v) is 11.5. The van der Waals surface area contributed by atoms with E-state index in [-0.39, 0.29) is 17.4 Å². The van der Waals surface area contributed by atoms with Crippen molar-refractivity contribution >= 4 is 11.8 Å². The third-order valence-corrected chi connectivity index (χ3v) is 8.18. The Bertz CT molecular complexity index is 815. The summed E-state index contributed by atoms with van der Waals surface area (Å²) in [6.45, 7) is 12.7. The number of amides is 2. The van der Waals surface area contributed by atoms with Crippen LogP contribution in [-0.2, 0) is 10.2 Å². The number of carbonyl (C=O) groups excluding carboxylic acids is 2. The lowest BCUT2D eigenvalue weighted by molar-refractivity contribution is -0.143. The standard InChI is InChI=1S/C28H43N3O2/c1-21-9-7-8-16-31(21)27(33)25(22-10-5-6-11-22)29-17-19-30(20-18-29)26(32)23-12-14-24(15-13-23)28(2,3)4/h12-15,21-22,25H,5-11,16-20H2,1-4H3. The van der Waals surface area contributed by atoms with E-state index in [0.717, 1.165) is 50.9 Å². The lowest BCUT2D eigenvalue weighted by Gasteiger charge is -2.44. The van der Waals surface area contributed by atoms with Crippen molar-refractivity contribution in [2.45, 2.75) is 90.1 Å². The Hall–Kier alpha value is -1.88. The molecule has 2 aliphatic heterocycles. The number of piperazine rings is 1. The lowest BCUT2D eigenvalue weighted by atomic mass is 9.86. The van der Waals surface area contributed by atoms with Crippen LogP contribution in [0, 0.1) is 5.92 Å². The monoisotopic (exact) mass is 453 g/mol. The van der Waals surface area contributed by atoms with Gasteiger partial charge >= 0.3 is 0 Å². The fraction of sp³-hybridized carbons (Fsp3) is 0.714. The smallest absolute Gasteiger partial charge is 0.253 e. The van der Waals surface area contributed by atoms with Crippen molar-refractivity contribution in [1.29, 1.82) is 0 Å². The maximum atomic E-state index is 13.7. The van der Waals surface area contributed by atoms with Crippen LogP contribution in [0.2, 0.25) is 0 Å². The number of carbonyl (C=O) groups is 2. The van der Waals surface area contributed by atoms with Crippen LogP contribution in [0.15, 0.2) is 24.3 Å². The molecule has 1 aromatic carbocycles. The molecule has 0 bridgehead atoms. The summed E-state index contributed by atoms with van der Waals surface area (Å²) in [6, 6.07) is 8.46. The van der Waals surface area contributed by atoms with Gasteiger partial charge in [-0.1, -0.05) is 45.7 Å². The Labute approximate surface area is 200 Å². The quantitative estimate of drug-likeness (QED) is 0.664. The molecule has 182 valence electrons. The second-order valence-electron chi connectivity index (χ2n) is 11.5. The molecule has 33 heavy (non-hydrogen) atoms. The maximum Gasteiger partial charge on any atom is 0.253 e. The fourth-order valence-corrected chi connectivity index (χ4v) is 6.02. The molecule has 1 aliphatic carbocycles. The topological polar surface area (TPSA) is 43.9 Å². The molecule has 2 unspecified atom stereocenters. The number of rotatable bonds is 4. The van der Waals surface area contributed by atoms with Crippen molar-refractivity contribution in [3.8, 4) is 0 Å². The second kappa shape index (κ2) is 10.2. The molecule has 0 radical (unpaired) electrons. The average Bonchev–Trinajstić information content (AvgIpc) is 3.33. The summed E-state index contributed by atoms with van der Waals surface area (Å²) in [5.41, 5.74) is 2.09. The van der Waals surface area contributed by atoms with Crippen molar-refractivity contribution < 1.29 is 9.59 Å². The van der Waals surface area contributed by atoms with Gasteiger partial charge in [-0.25, -0.2) is 0 Å². The number of nitrogens with zero attached hydrogens (tertiary/aromatic N) is 3. The molecule has 5 nitrogen and oxygen atoms in total. The van der Waals surface area contributed by atoms with Crippen molar-refractivity contribution in [1.82, 2.24) is 14.7 Å². The highest BCUT2D eigenvalue weighted by atomic mass is 16.2. The van der Waals surface area contributed by atoms with Gasteiger partial charge in [0.05, 0.1) is 6.04 Å². The largest absolute Gasteiger partial charge is 0.339 e. The van der Waals surface area contributed by atoms with Crippen molar-refractivity contribution in [3.63, 3.8) is 0 Å². The summed E-state index contributed by atoms with van der Waals surface area (Å²) in [7, 11) is 0. The van der Waals surface area contributed by atoms with Crippen molar-refractivity contribution in [2.24, 2.45) is 5.92 Å². The van der Waals surface area contributed by atoms with E-state index >= 15 is 0 Å². The number of piperidine rings is 1. The van der Waals surface area contributed by atoms with Gasteiger partial charge in [-0.3, -0.25) is 14.5 Å². The zero-order chi connectivity index (χ0) is 23.6. The normalized spacial score (nSPS) is 24.2. The molecular formula is C28H43N3O2. The minimum Gasteiger partial charge on any atom is -0.339 e. The first kappa shape index (κ1) is 24.3. The van der Waals surface area contributed by atoms with E-state index < -0.39 is 0 Å². The van der Waals surface area contributed by atoms with Crippen LogP contribution in [0.1, 0.15) is 88.6 Å². The van der Waals surface area contributed by atoms with Gasteiger partial charge in [-0.2, -0.15) is 0 Å². The number of benzene rings is 1. The van der Waals surface area contributed by atoms with Crippen LogP contribution in [0.25, 0.3) is 0 Å². The van der Waals surface area contributed by atoms with Gasteiger partial charge in [-0.15, -0.1) is 0 Å². The zero-order valence-corrected chi connectivity index (χ0v) is 21.2. The van der Waals surface area contributed by atoms with E-state index in [4.69, 9.17) is 0 Å². The SMILES string of the molecule is CC1CCCCN1C(=O)C(C1CCCC1)N1CCN(C(=O)c2ccc(C(C)(C)C)cc2)CC1. The Morgan fingerprint density at radius 1 is 0.848 bits per heavy atom. The molecule has 2 atom stereocenters. The summed E-state index contributed by atoms with van der Waals surface area (Å²) < 4.78 is 0. The van der Waals surface area contributed by atoms with Gasteiger partial charge < -0.3 is 9.80 Å². The molecule has 0 aromatic heterocycles. The summed E-state index contributed by atoms with van der Waals surface area (Å²) in [4.78, 5) is 33.4. The molecule has 2 amide bonds. The molecule has 0 spiro atoms. The van der Waals surface area contributed by atoms with Gasteiger partial charge in [-0.05, 0) is 68.1 Å². The van der Waals surface area contributed by atoms with Gasteiger partial charge in [0.25, 0.3) is 5.91 Å². The maximum absolute atomic E-state index is 13.7. The van der Waals surface area contributed by atoms with E-state index in [1.165, 1.54) is 24.8 Å². The minimum atomic E-state index is -0.00336. The molecule has 0 N–H and O–H groups in total. The molecule has 2 saturated heterocycles. The predicted molar refractivity (Wildman–Crippen MR) is 133 cm³/mol. The van der Waals surface area contributed by atoms with Crippen LogP contribution in [0.3, 0.4) is 0 Å². The number of hydrogen-bond donors (Lipinski definition) is 0. The minimum absolute atomic E-state index is 0.00336. The lowest BCUT2D eigenvalue weighted by Crippen LogP contribution is -2.60. The van der Waals surface area contributed by atoms with Gasteiger partial charge in [0, 0.05) is 44.3 Å². The molecule has 4 rings (SSSR count). The molecule has 3 fully saturated rings. The van der Waals surface area contributed by atoms with E-state index in [2.05, 4.69) is 49.6 Å². The van der Waals surface area contributed by atoms with E-state index in [1.54, 1.807) is 0 Å². The van der Waals surface area contributed by atoms with E-state index in [0.29, 0.717) is 31.0 Å². The van der Waals surface area contributed by atoms with Crippen LogP contribution >= 0.6 is 0 Å². The van der Waals surface area contributed by atoms with Gasteiger partial charge in [0.2, 0.25) is 5.91 Å². The van der Waals surface area contributed by atoms with Crippen LogP contribution < -0.4 is 0 Å². The van der Waals surface area contributed by atoms with Crippen molar-refractivity contribution in [2.75, 3.05) is 32.7 Å². The van der Waals surface area contributed by atoms with Crippen LogP contribution in [-0.4, -0.2) is 71.3 Å². The van der Waals surface area contributed by atoms with Gasteiger partial charge in [0.15, 0.2) is 0 Å². The Kier molecular flexibility index (Phi) is 7.47. The average molecular weight is 454 g/mol. The highest BCUT2D eigenvalue weighted by Crippen LogP contribution is 2.33. The first-order chi connectivity index (χ1) is 15.8. The molecule has 5 heteroatoms. The van der Waals surface area contributed by atoms with Gasteiger partial charge in [0.1, 0.15) is 0 Å². The van der Waals surface area contributed by atoms with Crippen LogP contribution in [0.4, 0.5) is 0 Å².